The lowest BCUT2D eigenvalue weighted by Crippen LogP contribution is -2.38. The molecule has 0 saturated heterocycles. The van der Waals surface area contributed by atoms with Crippen LogP contribution < -0.4 is 0 Å². The van der Waals surface area contributed by atoms with Crippen molar-refractivity contribution in [2.24, 2.45) is 5.92 Å². The van der Waals surface area contributed by atoms with Crippen molar-refractivity contribution in [2.45, 2.75) is 38.7 Å². The summed E-state index contributed by atoms with van der Waals surface area (Å²) >= 11 is 3.38. The highest BCUT2D eigenvalue weighted by atomic mass is 79.9. The fourth-order valence-corrected chi connectivity index (χ4v) is 2.58. The van der Waals surface area contributed by atoms with E-state index in [-0.39, 0.29) is 5.97 Å². The van der Waals surface area contributed by atoms with Gasteiger partial charge in [-0.25, -0.2) is 0 Å². The Morgan fingerprint density at radius 2 is 2.21 bits per heavy atom. The molecule has 0 radical (unpaired) electrons. The van der Waals surface area contributed by atoms with E-state index in [2.05, 4.69) is 22.9 Å². The van der Waals surface area contributed by atoms with Gasteiger partial charge in [-0.2, -0.15) is 0 Å². The first-order valence-corrected chi connectivity index (χ1v) is 7.29. The van der Waals surface area contributed by atoms with Crippen molar-refractivity contribution in [3.8, 4) is 0 Å². The average molecular weight is 329 g/mol. The van der Waals surface area contributed by atoms with Crippen LogP contribution in [-0.2, 0) is 15.1 Å². The van der Waals surface area contributed by atoms with E-state index in [1.54, 1.807) is 6.92 Å². The normalized spacial score (nSPS) is 15.6. The molecule has 4 heteroatoms. The van der Waals surface area contributed by atoms with Crippen molar-refractivity contribution in [3.05, 3.63) is 34.3 Å². The van der Waals surface area contributed by atoms with Crippen LogP contribution in [-0.4, -0.2) is 18.2 Å². The summed E-state index contributed by atoms with van der Waals surface area (Å²) in [5.74, 6) is -0.912. The van der Waals surface area contributed by atoms with Crippen molar-refractivity contribution < 1.29 is 14.6 Å². The van der Waals surface area contributed by atoms with Gasteiger partial charge in [-0.3, -0.25) is 4.79 Å². The third kappa shape index (κ3) is 4.05. The molecule has 0 aliphatic heterocycles. The number of methoxy groups -OCH3 is 1. The Morgan fingerprint density at radius 1 is 1.53 bits per heavy atom. The number of unbranched alkanes of at least 4 members (excludes halogenated alkanes) is 1. The van der Waals surface area contributed by atoms with Gasteiger partial charge in [-0.1, -0.05) is 47.8 Å². The summed E-state index contributed by atoms with van der Waals surface area (Å²) in [6.45, 7) is 3.73. The molecule has 1 rings (SSSR count). The highest BCUT2D eigenvalue weighted by Crippen LogP contribution is 2.34. The third-order valence-corrected chi connectivity index (χ3v) is 3.91. The summed E-state index contributed by atoms with van der Waals surface area (Å²) in [5.41, 5.74) is -0.514. The van der Waals surface area contributed by atoms with Crippen LogP contribution in [0.1, 0.15) is 38.7 Å². The monoisotopic (exact) mass is 328 g/mol. The van der Waals surface area contributed by atoms with Crippen molar-refractivity contribution in [3.63, 3.8) is 0 Å². The van der Waals surface area contributed by atoms with E-state index in [1.165, 1.54) is 7.11 Å². The molecule has 106 valence electrons. The summed E-state index contributed by atoms with van der Waals surface area (Å²) < 4.78 is 5.72. The second-order valence-electron chi connectivity index (χ2n) is 4.88. The molecule has 2 unspecified atom stereocenters. The molecule has 0 spiro atoms. The minimum absolute atomic E-state index is 0.363. The maximum atomic E-state index is 11.9. The number of hydrogen-bond donors (Lipinski definition) is 1. The van der Waals surface area contributed by atoms with Gasteiger partial charge in [0.2, 0.25) is 0 Å². The minimum atomic E-state index is -1.23. The first-order chi connectivity index (χ1) is 8.93. The SMILES string of the molecule is CCCCC(C(=O)OC)C(C)(O)c1cccc(Br)c1. The van der Waals surface area contributed by atoms with Gasteiger partial charge in [0.25, 0.3) is 0 Å². The Balaban J connectivity index is 3.07. The number of rotatable bonds is 6. The Labute approximate surface area is 123 Å². The van der Waals surface area contributed by atoms with Gasteiger partial charge in [0.05, 0.1) is 13.0 Å². The van der Waals surface area contributed by atoms with Crippen molar-refractivity contribution in [1.82, 2.24) is 0 Å². The van der Waals surface area contributed by atoms with E-state index in [0.29, 0.717) is 12.0 Å². The van der Waals surface area contributed by atoms with Crippen LogP contribution in [0, 0.1) is 5.92 Å². The van der Waals surface area contributed by atoms with Crippen LogP contribution >= 0.6 is 15.9 Å². The Hall–Kier alpha value is -0.870. The average Bonchev–Trinajstić information content (AvgIpc) is 2.38. The predicted molar refractivity (Wildman–Crippen MR) is 78.7 cm³/mol. The highest BCUT2D eigenvalue weighted by Gasteiger charge is 2.39. The molecule has 0 amide bonds. The fourth-order valence-electron chi connectivity index (χ4n) is 2.18. The van der Waals surface area contributed by atoms with Crippen molar-refractivity contribution in [2.75, 3.05) is 7.11 Å². The van der Waals surface area contributed by atoms with Crippen LogP contribution in [0.2, 0.25) is 0 Å². The standard InChI is InChI=1S/C15H21BrO3/c1-4-5-9-13(14(17)19-3)15(2,18)11-7-6-8-12(16)10-11/h6-8,10,13,18H,4-5,9H2,1-3H3. The molecule has 0 heterocycles. The number of carbonyl (C=O) groups is 1. The number of ether oxygens (including phenoxy) is 1. The number of benzene rings is 1. The van der Waals surface area contributed by atoms with Gasteiger partial charge in [0.1, 0.15) is 5.60 Å². The maximum absolute atomic E-state index is 11.9. The Bertz CT molecular complexity index is 429. The molecule has 1 aromatic rings. The topological polar surface area (TPSA) is 46.5 Å². The van der Waals surface area contributed by atoms with E-state index in [0.717, 1.165) is 17.3 Å². The van der Waals surface area contributed by atoms with Crippen LogP contribution in [0.15, 0.2) is 28.7 Å². The molecular weight excluding hydrogens is 308 g/mol. The summed E-state index contributed by atoms with van der Waals surface area (Å²) in [7, 11) is 1.36. The quantitative estimate of drug-likeness (QED) is 0.811. The highest BCUT2D eigenvalue weighted by molar-refractivity contribution is 9.10. The maximum Gasteiger partial charge on any atom is 0.311 e. The molecule has 0 saturated carbocycles. The first kappa shape index (κ1) is 16.2. The van der Waals surface area contributed by atoms with E-state index < -0.39 is 11.5 Å². The molecular formula is C15H21BrO3. The van der Waals surface area contributed by atoms with Gasteiger partial charge in [0.15, 0.2) is 0 Å². The summed E-state index contributed by atoms with van der Waals surface area (Å²) in [6.07, 6.45) is 2.47. The molecule has 1 aromatic carbocycles. The predicted octanol–water partition coefficient (Wildman–Crippen LogP) is 3.64. The van der Waals surface area contributed by atoms with Crippen molar-refractivity contribution in [1.29, 1.82) is 0 Å². The lowest BCUT2D eigenvalue weighted by atomic mass is 9.80. The largest absolute Gasteiger partial charge is 0.469 e. The lowest BCUT2D eigenvalue weighted by molar-refractivity contribution is -0.156. The second kappa shape index (κ2) is 7.06. The van der Waals surface area contributed by atoms with Crippen molar-refractivity contribution >= 4 is 21.9 Å². The van der Waals surface area contributed by atoms with Crippen LogP contribution in [0.5, 0.6) is 0 Å². The Morgan fingerprint density at radius 3 is 2.74 bits per heavy atom. The van der Waals surface area contributed by atoms with Gasteiger partial charge in [0, 0.05) is 4.47 Å². The molecule has 0 aromatic heterocycles. The molecule has 0 aliphatic carbocycles. The number of aliphatic hydroxyl groups is 1. The van der Waals surface area contributed by atoms with Gasteiger partial charge in [-0.15, -0.1) is 0 Å². The van der Waals surface area contributed by atoms with E-state index in [9.17, 15) is 9.90 Å². The first-order valence-electron chi connectivity index (χ1n) is 6.49. The number of halogens is 1. The molecule has 1 N–H and O–H groups in total. The fraction of sp³-hybridized carbons (Fsp3) is 0.533. The van der Waals surface area contributed by atoms with E-state index in [4.69, 9.17) is 4.74 Å². The van der Waals surface area contributed by atoms with Gasteiger partial charge >= 0.3 is 5.97 Å². The summed E-state index contributed by atoms with van der Waals surface area (Å²) in [4.78, 5) is 11.9. The zero-order valence-electron chi connectivity index (χ0n) is 11.6. The van der Waals surface area contributed by atoms with Crippen LogP contribution in [0.4, 0.5) is 0 Å². The van der Waals surface area contributed by atoms with Gasteiger partial charge < -0.3 is 9.84 Å². The summed E-state index contributed by atoms with van der Waals surface area (Å²) in [6, 6.07) is 7.40. The minimum Gasteiger partial charge on any atom is -0.469 e. The lowest BCUT2D eigenvalue weighted by Gasteiger charge is -2.31. The smallest absolute Gasteiger partial charge is 0.311 e. The molecule has 2 atom stereocenters. The van der Waals surface area contributed by atoms with Crippen LogP contribution in [0.3, 0.4) is 0 Å². The van der Waals surface area contributed by atoms with E-state index in [1.807, 2.05) is 24.3 Å². The summed E-state index contributed by atoms with van der Waals surface area (Å²) in [5, 5.41) is 10.8. The van der Waals surface area contributed by atoms with E-state index >= 15 is 0 Å². The molecule has 0 aliphatic rings. The zero-order chi connectivity index (χ0) is 14.5. The third-order valence-electron chi connectivity index (χ3n) is 3.42. The second-order valence-corrected chi connectivity index (χ2v) is 5.79. The number of carbonyl (C=O) groups excluding carboxylic acids is 1. The zero-order valence-corrected chi connectivity index (χ0v) is 13.2. The molecule has 19 heavy (non-hydrogen) atoms. The molecule has 3 nitrogen and oxygen atoms in total. The number of esters is 1. The Kier molecular flexibility index (Phi) is 6.01. The van der Waals surface area contributed by atoms with Crippen LogP contribution in [0.25, 0.3) is 0 Å². The molecule has 0 fully saturated rings. The number of hydrogen-bond acceptors (Lipinski definition) is 3. The van der Waals surface area contributed by atoms with Gasteiger partial charge in [-0.05, 0) is 31.0 Å². The molecule has 0 bridgehead atoms.